The van der Waals surface area contributed by atoms with Gasteiger partial charge in [0.25, 0.3) is 0 Å². The minimum Gasteiger partial charge on any atom is -0.346 e. The number of halogens is 2. The Balaban J connectivity index is 0.00000121. The fourth-order valence-electron chi connectivity index (χ4n) is 2.22. The largest absolute Gasteiger partial charge is 0.346 e. The van der Waals surface area contributed by atoms with E-state index in [0.29, 0.717) is 24.8 Å². The van der Waals surface area contributed by atoms with Crippen LogP contribution in [0.1, 0.15) is 16.6 Å². The van der Waals surface area contributed by atoms with Crippen molar-refractivity contribution in [3.05, 3.63) is 22.8 Å². The second-order valence-electron chi connectivity index (χ2n) is 4.83. The molecule has 1 fully saturated rings. The maximum Gasteiger partial charge on any atom is 0.240 e. The number of rotatable bonds is 4. The van der Waals surface area contributed by atoms with Crippen LogP contribution in [0.25, 0.3) is 0 Å². The van der Waals surface area contributed by atoms with E-state index < -0.39 is 0 Å². The van der Waals surface area contributed by atoms with Gasteiger partial charge in [0.1, 0.15) is 0 Å². The van der Waals surface area contributed by atoms with Crippen LogP contribution < -0.4 is 10.6 Å². The van der Waals surface area contributed by atoms with E-state index in [1.54, 1.807) is 11.3 Å². The molecule has 0 aliphatic carbocycles. The van der Waals surface area contributed by atoms with Gasteiger partial charge < -0.3 is 15.2 Å². The van der Waals surface area contributed by atoms with Crippen molar-refractivity contribution in [1.29, 1.82) is 0 Å². The standard InChI is InChI=1S/C12H18N6OS.2ClH/c1-9-7-14-12(20-9)18-4-2-17(3-5-18)8-10-15-11(6-13)19-16-10;;/h7H,2-6,8,13H2,1H3;2*1H. The zero-order chi connectivity index (χ0) is 13.9. The highest BCUT2D eigenvalue weighted by Crippen LogP contribution is 2.22. The highest BCUT2D eigenvalue weighted by atomic mass is 35.5. The van der Waals surface area contributed by atoms with Gasteiger partial charge in [-0.05, 0) is 6.92 Å². The normalized spacial score (nSPS) is 15.3. The smallest absolute Gasteiger partial charge is 0.240 e. The van der Waals surface area contributed by atoms with E-state index >= 15 is 0 Å². The summed E-state index contributed by atoms with van der Waals surface area (Å²) in [4.78, 5) is 14.6. The third-order valence-corrected chi connectivity index (χ3v) is 4.28. The highest BCUT2D eigenvalue weighted by Gasteiger charge is 2.20. The molecular formula is C12H20Cl2N6OS. The van der Waals surface area contributed by atoms with Crippen LogP contribution in [0, 0.1) is 6.92 Å². The fourth-order valence-corrected chi connectivity index (χ4v) is 3.03. The van der Waals surface area contributed by atoms with Crippen LogP contribution in [0.15, 0.2) is 10.7 Å². The average molecular weight is 367 g/mol. The Hall–Kier alpha value is -0.930. The second-order valence-corrected chi connectivity index (χ2v) is 6.04. The first-order valence-electron chi connectivity index (χ1n) is 6.66. The molecule has 0 aromatic carbocycles. The Bertz CT molecular complexity index is 569. The van der Waals surface area contributed by atoms with Gasteiger partial charge in [-0.25, -0.2) is 4.98 Å². The summed E-state index contributed by atoms with van der Waals surface area (Å²) in [7, 11) is 0. The molecule has 0 unspecified atom stereocenters. The number of aromatic nitrogens is 3. The van der Waals surface area contributed by atoms with E-state index in [2.05, 4.69) is 31.8 Å². The lowest BCUT2D eigenvalue weighted by Crippen LogP contribution is -2.46. The molecule has 0 radical (unpaired) electrons. The molecule has 22 heavy (non-hydrogen) atoms. The number of nitrogens with zero attached hydrogens (tertiary/aromatic N) is 5. The predicted octanol–water partition coefficient (Wildman–Crippen LogP) is 1.46. The molecule has 2 N–H and O–H groups in total. The number of thiazole rings is 1. The van der Waals surface area contributed by atoms with Crippen molar-refractivity contribution in [1.82, 2.24) is 20.0 Å². The zero-order valence-corrected chi connectivity index (χ0v) is 14.7. The number of aryl methyl sites for hydroxylation is 1. The molecule has 1 saturated heterocycles. The summed E-state index contributed by atoms with van der Waals surface area (Å²) in [5, 5.41) is 5.05. The Morgan fingerprint density at radius 2 is 2.00 bits per heavy atom. The Labute approximate surface area is 145 Å². The lowest BCUT2D eigenvalue weighted by Gasteiger charge is -2.33. The van der Waals surface area contributed by atoms with Crippen LogP contribution >= 0.6 is 36.2 Å². The maximum absolute atomic E-state index is 5.46. The predicted molar refractivity (Wildman–Crippen MR) is 91.0 cm³/mol. The Morgan fingerprint density at radius 3 is 2.55 bits per heavy atom. The molecule has 0 amide bonds. The summed E-state index contributed by atoms with van der Waals surface area (Å²) < 4.78 is 5.02. The van der Waals surface area contributed by atoms with E-state index in [-0.39, 0.29) is 24.8 Å². The van der Waals surface area contributed by atoms with Crippen LogP contribution in [0.4, 0.5) is 5.13 Å². The molecule has 0 bridgehead atoms. The van der Waals surface area contributed by atoms with Gasteiger partial charge in [-0.2, -0.15) is 4.98 Å². The molecule has 124 valence electrons. The van der Waals surface area contributed by atoms with Gasteiger partial charge in [0.2, 0.25) is 5.89 Å². The first-order chi connectivity index (χ1) is 9.74. The van der Waals surface area contributed by atoms with Gasteiger partial charge in [0.15, 0.2) is 11.0 Å². The minimum absolute atomic E-state index is 0. The molecule has 7 nitrogen and oxygen atoms in total. The minimum atomic E-state index is 0. The van der Waals surface area contributed by atoms with Crippen LogP contribution in [-0.4, -0.2) is 46.2 Å². The Morgan fingerprint density at radius 1 is 1.27 bits per heavy atom. The van der Waals surface area contributed by atoms with Gasteiger partial charge in [0, 0.05) is 37.3 Å². The number of anilines is 1. The van der Waals surface area contributed by atoms with Crippen LogP contribution in [0.5, 0.6) is 0 Å². The van der Waals surface area contributed by atoms with Crippen LogP contribution in [0.3, 0.4) is 0 Å². The van der Waals surface area contributed by atoms with Gasteiger partial charge in [-0.15, -0.1) is 36.2 Å². The number of nitrogens with two attached hydrogens (primary N) is 1. The molecule has 1 aliphatic rings. The van der Waals surface area contributed by atoms with Crippen molar-refractivity contribution in [2.24, 2.45) is 5.73 Å². The summed E-state index contributed by atoms with van der Waals surface area (Å²) in [6.07, 6.45) is 1.93. The number of hydrogen-bond acceptors (Lipinski definition) is 8. The molecule has 0 atom stereocenters. The molecular weight excluding hydrogens is 347 g/mol. The maximum atomic E-state index is 5.46. The Kier molecular flexibility index (Phi) is 7.51. The molecule has 10 heteroatoms. The van der Waals surface area contributed by atoms with E-state index in [1.165, 1.54) is 4.88 Å². The third kappa shape index (κ3) is 4.53. The van der Waals surface area contributed by atoms with Gasteiger partial charge in [-0.3, -0.25) is 4.90 Å². The average Bonchev–Trinajstić information content (AvgIpc) is 3.09. The van der Waals surface area contributed by atoms with Crippen LogP contribution in [-0.2, 0) is 13.1 Å². The second kappa shape index (κ2) is 8.64. The van der Waals surface area contributed by atoms with Crippen molar-refractivity contribution in [3.8, 4) is 0 Å². The quantitative estimate of drug-likeness (QED) is 0.876. The molecule has 3 heterocycles. The summed E-state index contributed by atoms with van der Waals surface area (Å²) in [6, 6.07) is 0. The molecule has 2 aromatic heterocycles. The van der Waals surface area contributed by atoms with E-state index in [9.17, 15) is 0 Å². The van der Waals surface area contributed by atoms with E-state index in [1.807, 2.05) is 6.20 Å². The summed E-state index contributed by atoms with van der Waals surface area (Å²) in [5.74, 6) is 1.21. The van der Waals surface area contributed by atoms with Crippen molar-refractivity contribution >= 4 is 41.3 Å². The highest BCUT2D eigenvalue weighted by molar-refractivity contribution is 7.15. The van der Waals surface area contributed by atoms with Crippen molar-refractivity contribution in [2.75, 3.05) is 31.1 Å². The van der Waals surface area contributed by atoms with E-state index in [0.717, 1.165) is 31.3 Å². The molecule has 2 aromatic rings. The van der Waals surface area contributed by atoms with Crippen molar-refractivity contribution in [3.63, 3.8) is 0 Å². The fraction of sp³-hybridized carbons (Fsp3) is 0.583. The lowest BCUT2D eigenvalue weighted by atomic mass is 10.3. The van der Waals surface area contributed by atoms with Crippen LogP contribution in [0.2, 0.25) is 0 Å². The topological polar surface area (TPSA) is 84.3 Å². The van der Waals surface area contributed by atoms with Gasteiger partial charge in [0.05, 0.1) is 13.1 Å². The lowest BCUT2D eigenvalue weighted by molar-refractivity contribution is 0.240. The van der Waals surface area contributed by atoms with E-state index in [4.69, 9.17) is 10.3 Å². The molecule has 1 aliphatic heterocycles. The van der Waals surface area contributed by atoms with Crippen molar-refractivity contribution < 1.29 is 4.52 Å². The molecule has 0 saturated carbocycles. The van der Waals surface area contributed by atoms with Crippen molar-refractivity contribution in [2.45, 2.75) is 20.0 Å². The zero-order valence-electron chi connectivity index (χ0n) is 12.3. The monoisotopic (exact) mass is 366 g/mol. The first kappa shape index (κ1) is 19.1. The SMILES string of the molecule is Cc1cnc(N2CCN(Cc3noc(CN)n3)CC2)s1.Cl.Cl. The summed E-state index contributed by atoms with van der Waals surface area (Å²) in [6.45, 7) is 7.01. The molecule has 0 spiro atoms. The number of hydrogen-bond donors (Lipinski definition) is 1. The first-order valence-corrected chi connectivity index (χ1v) is 7.47. The summed E-state index contributed by atoms with van der Waals surface area (Å²) in [5.41, 5.74) is 5.46. The third-order valence-electron chi connectivity index (χ3n) is 3.30. The van der Waals surface area contributed by atoms with Gasteiger partial charge in [-0.1, -0.05) is 5.16 Å². The van der Waals surface area contributed by atoms with Gasteiger partial charge >= 0.3 is 0 Å². The number of piperazine rings is 1. The molecule has 3 rings (SSSR count). The summed E-state index contributed by atoms with van der Waals surface area (Å²) >= 11 is 1.75.